The summed E-state index contributed by atoms with van der Waals surface area (Å²) in [4.78, 5) is 18.9. The van der Waals surface area contributed by atoms with Crippen molar-refractivity contribution >= 4 is 23.4 Å². The molecule has 0 saturated heterocycles. The summed E-state index contributed by atoms with van der Waals surface area (Å²) in [5.41, 5.74) is 1.47. The first-order valence-corrected chi connectivity index (χ1v) is 11.4. The lowest BCUT2D eigenvalue weighted by atomic mass is 10.1. The van der Waals surface area contributed by atoms with Gasteiger partial charge in [-0.25, -0.2) is 8.78 Å². The third-order valence-electron chi connectivity index (χ3n) is 5.04. The minimum absolute atomic E-state index is 0.0228. The van der Waals surface area contributed by atoms with Gasteiger partial charge in [0.15, 0.2) is 5.69 Å². The molecule has 32 heavy (non-hydrogen) atoms. The molecular weight excluding hydrogens is 434 g/mol. The number of para-hydroxylation sites is 1. The maximum atomic E-state index is 14.8. The molecule has 1 aliphatic rings. The van der Waals surface area contributed by atoms with Gasteiger partial charge in [-0.1, -0.05) is 50.2 Å². The van der Waals surface area contributed by atoms with Crippen LogP contribution in [0.5, 0.6) is 5.88 Å². The molecule has 2 heterocycles. The number of amides is 1. The largest absolute Gasteiger partial charge is 0.447 e. The zero-order chi connectivity index (χ0) is 22.7. The average Bonchev–Trinajstić information content (AvgIpc) is 2.93. The molecule has 1 aliphatic heterocycles. The number of ether oxygens (including phenoxy) is 1. The maximum Gasteiger partial charge on any atom is 0.247 e. The van der Waals surface area contributed by atoms with Crippen LogP contribution in [0.4, 0.5) is 14.5 Å². The lowest BCUT2D eigenvalue weighted by Gasteiger charge is -2.30. The van der Waals surface area contributed by atoms with Crippen LogP contribution < -0.4 is 9.64 Å². The minimum atomic E-state index is -1.18. The number of anilines is 1. The number of benzene rings is 2. The van der Waals surface area contributed by atoms with E-state index >= 15 is 0 Å². The van der Waals surface area contributed by atoms with E-state index in [1.54, 1.807) is 25.1 Å². The Hall–Kier alpha value is -3.07. The van der Waals surface area contributed by atoms with Crippen molar-refractivity contribution in [3.05, 3.63) is 59.7 Å². The predicted octanol–water partition coefficient (Wildman–Crippen LogP) is 5.54. The summed E-state index contributed by atoms with van der Waals surface area (Å²) < 4.78 is 34.6. The van der Waals surface area contributed by atoms with Crippen LogP contribution in [0.15, 0.2) is 47.6 Å². The highest BCUT2D eigenvalue weighted by Gasteiger charge is 2.36. The fourth-order valence-electron chi connectivity index (χ4n) is 3.43. The molecule has 4 rings (SSSR count). The quantitative estimate of drug-likeness (QED) is 0.358. The first kappa shape index (κ1) is 22.1. The summed E-state index contributed by atoms with van der Waals surface area (Å²) in [5, 5.41) is 8.98. The number of nitrogens with zero attached hydrogens (tertiary/aromatic N) is 4. The molecule has 0 unspecified atom stereocenters. The van der Waals surface area contributed by atoms with Gasteiger partial charge in [0.05, 0.1) is 5.69 Å². The van der Waals surface area contributed by atoms with Crippen LogP contribution in [0, 0.1) is 11.6 Å². The van der Waals surface area contributed by atoms with Crippen LogP contribution in [0.25, 0.3) is 11.3 Å². The third-order valence-corrected chi connectivity index (χ3v) is 5.96. The summed E-state index contributed by atoms with van der Waals surface area (Å²) in [5.74, 6) is -0.850. The van der Waals surface area contributed by atoms with E-state index in [4.69, 9.17) is 4.74 Å². The number of thioether (sulfide) groups is 1. The van der Waals surface area contributed by atoms with Crippen molar-refractivity contribution in [2.24, 2.45) is 0 Å². The Morgan fingerprint density at radius 1 is 1.16 bits per heavy atom. The van der Waals surface area contributed by atoms with Crippen molar-refractivity contribution in [1.29, 1.82) is 0 Å². The molecule has 2 aromatic carbocycles. The lowest BCUT2D eigenvalue weighted by Crippen LogP contribution is -2.37. The minimum Gasteiger partial charge on any atom is -0.447 e. The number of hydrogen-bond acceptors (Lipinski definition) is 6. The number of rotatable bonds is 6. The number of halogens is 2. The second-order valence-corrected chi connectivity index (χ2v) is 8.28. The summed E-state index contributed by atoms with van der Waals surface area (Å²) in [6.45, 7) is 3.81. The number of carbonyl (C=O) groups is 1. The Kier molecular flexibility index (Phi) is 6.64. The lowest BCUT2D eigenvalue weighted by molar-refractivity contribution is -0.120. The van der Waals surface area contributed by atoms with Gasteiger partial charge in [0, 0.05) is 29.4 Å². The monoisotopic (exact) mass is 456 g/mol. The van der Waals surface area contributed by atoms with E-state index in [9.17, 15) is 13.6 Å². The third kappa shape index (κ3) is 4.29. The second kappa shape index (κ2) is 9.60. The van der Waals surface area contributed by atoms with Gasteiger partial charge in [-0.3, -0.25) is 9.69 Å². The van der Waals surface area contributed by atoms with Crippen molar-refractivity contribution in [3.63, 3.8) is 0 Å². The van der Waals surface area contributed by atoms with E-state index in [0.29, 0.717) is 22.1 Å². The Bertz CT molecular complexity index is 1140. The molecule has 166 valence electrons. The zero-order valence-electron chi connectivity index (χ0n) is 17.7. The molecule has 0 bridgehead atoms. The molecule has 1 amide bonds. The first-order chi connectivity index (χ1) is 15.5. The van der Waals surface area contributed by atoms with Gasteiger partial charge in [-0.05, 0) is 24.6 Å². The smallest absolute Gasteiger partial charge is 0.247 e. The van der Waals surface area contributed by atoms with Crippen LogP contribution >= 0.6 is 11.8 Å². The van der Waals surface area contributed by atoms with Crippen molar-refractivity contribution in [2.45, 2.75) is 44.5 Å². The van der Waals surface area contributed by atoms with Crippen molar-refractivity contribution in [3.8, 4) is 17.1 Å². The normalized spacial score (nSPS) is 14.9. The molecule has 0 radical (unpaired) electrons. The van der Waals surface area contributed by atoms with E-state index in [2.05, 4.69) is 22.1 Å². The Morgan fingerprint density at radius 3 is 2.72 bits per heavy atom. The molecule has 0 N–H and O–H groups in total. The highest BCUT2D eigenvalue weighted by Crippen LogP contribution is 2.44. The number of hydrogen-bond donors (Lipinski definition) is 0. The highest BCUT2D eigenvalue weighted by atomic mass is 32.2. The predicted molar refractivity (Wildman–Crippen MR) is 118 cm³/mol. The van der Waals surface area contributed by atoms with Crippen LogP contribution in [0.3, 0.4) is 0 Å². The topological polar surface area (TPSA) is 68.2 Å². The molecule has 0 spiro atoms. The fraction of sp³-hybridized carbons (Fsp3) is 0.304. The van der Waals surface area contributed by atoms with Crippen LogP contribution in [0.2, 0.25) is 0 Å². The molecule has 0 aliphatic carbocycles. The number of fused-ring (bicyclic) bond motifs is 3. The molecule has 9 heteroatoms. The van der Waals surface area contributed by atoms with E-state index in [1.807, 2.05) is 6.07 Å². The summed E-state index contributed by atoms with van der Waals surface area (Å²) in [7, 11) is 0. The molecule has 0 fully saturated rings. The van der Waals surface area contributed by atoms with Crippen LogP contribution in [-0.2, 0) is 4.79 Å². The van der Waals surface area contributed by atoms with E-state index in [0.717, 1.165) is 30.7 Å². The Balaban J connectivity index is 1.89. The Labute approximate surface area is 189 Å². The second-order valence-electron chi connectivity index (χ2n) is 7.22. The van der Waals surface area contributed by atoms with Gasteiger partial charge in [0.25, 0.3) is 0 Å². The van der Waals surface area contributed by atoms with Crippen molar-refractivity contribution in [2.75, 3.05) is 10.7 Å². The average molecular weight is 457 g/mol. The number of aromatic nitrogens is 3. The van der Waals surface area contributed by atoms with Crippen LogP contribution in [-0.4, -0.2) is 26.8 Å². The molecule has 6 nitrogen and oxygen atoms in total. The van der Waals surface area contributed by atoms with Gasteiger partial charge in [-0.15, -0.1) is 10.2 Å². The standard InChI is InChI=1S/C23H22F2N4O2S/c1-3-5-12-32-23-26-21-20(27-28-23)16-8-6-7-9-18(16)29(19(30)4-2)22(31-21)15-11-10-14(24)13-17(15)25/h6-11,13,22H,3-5,12H2,1-2H3/t22-/m0/s1. The van der Waals surface area contributed by atoms with Crippen LogP contribution in [0.1, 0.15) is 44.9 Å². The summed E-state index contributed by atoms with van der Waals surface area (Å²) >= 11 is 1.45. The van der Waals surface area contributed by atoms with Gasteiger partial charge in [0.2, 0.25) is 23.2 Å². The zero-order valence-corrected chi connectivity index (χ0v) is 18.5. The molecule has 3 aromatic rings. The molecule has 0 saturated carbocycles. The van der Waals surface area contributed by atoms with Gasteiger partial charge < -0.3 is 4.74 Å². The van der Waals surface area contributed by atoms with E-state index in [1.165, 1.54) is 22.7 Å². The molecule has 1 aromatic heterocycles. The van der Waals surface area contributed by atoms with Gasteiger partial charge in [0.1, 0.15) is 11.6 Å². The van der Waals surface area contributed by atoms with Crippen molar-refractivity contribution < 1.29 is 18.3 Å². The number of unbranched alkanes of at least 4 members (excludes halogenated alkanes) is 1. The molecule has 1 atom stereocenters. The summed E-state index contributed by atoms with van der Waals surface area (Å²) in [6.07, 6.45) is 1.01. The Morgan fingerprint density at radius 2 is 1.97 bits per heavy atom. The highest BCUT2D eigenvalue weighted by molar-refractivity contribution is 7.99. The van der Waals surface area contributed by atoms with Gasteiger partial charge in [-0.2, -0.15) is 4.98 Å². The number of carbonyl (C=O) groups excluding carboxylic acids is 1. The summed E-state index contributed by atoms with van der Waals surface area (Å²) in [6, 6.07) is 10.3. The van der Waals surface area contributed by atoms with Crippen molar-refractivity contribution in [1.82, 2.24) is 15.2 Å². The fourth-order valence-corrected chi connectivity index (χ4v) is 4.29. The van der Waals surface area contributed by atoms with E-state index in [-0.39, 0.29) is 23.8 Å². The first-order valence-electron chi connectivity index (χ1n) is 10.4. The maximum absolute atomic E-state index is 14.8. The van der Waals surface area contributed by atoms with E-state index < -0.39 is 17.9 Å². The SMILES string of the molecule is CCCCSc1nnc2c(n1)O[C@@H](c1ccc(F)cc1F)N(C(=O)CC)c1ccccc1-2. The molecular formula is C23H22F2N4O2S. The van der Waals surface area contributed by atoms with Gasteiger partial charge >= 0.3 is 0 Å².